The minimum Gasteiger partial charge on any atom is -0.457 e. The van der Waals surface area contributed by atoms with Crippen molar-refractivity contribution in [1.82, 2.24) is 9.78 Å². The van der Waals surface area contributed by atoms with Crippen molar-refractivity contribution < 1.29 is 19.4 Å². The summed E-state index contributed by atoms with van der Waals surface area (Å²) >= 11 is 5.82. The van der Waals surface area contributed by atoms with Crippen LogP contribution in [0.5, 0.6) is 11.5 Å². The fraction of sp³-hybridized carbons (Fsp3) is 0.111. The van der Waals surface area contributed by atoms with E-state index in [2.05, 4.69) is 10.4 Å². The molecule has 0 saturated carbocycles. The van der Waals surface area contributed by atoms with Gasteiger partial charge in [0.15, 0.2) is 0 Å². The lowest BCUT2D eigenvalue weighted by molar-refractivity contribution is -0.389. The molecule has 30 heavy (non-hydrogen) atoms. The van der Waals surface area contributed by atoms with Crippen LogP contribution in [0.15, 0.2) is 54.7 Å². The number of nitrogens with zero attached hydrogens (tertiary/aromatic N) is 4. The summed E-state index contributed by atoms with van der Waals surface area (Å²) in [5.41, 5.74) is -0.0935. The van der Waals surface area contributed by atoms with Gasteiger partial charge in [-0.15, -0.1) is 0 Å². The molecule has 1 heterocycles. The highest BCUT2D eigenvalue weighted by Crippen LogP contribution is 2.30. The fourth-order valence-electron chi connectivity index (χ4n) is 2.47. The molecule has 0 saturated heterocycles. The average Bonchev–Trinajstić information content (AvgIpc) is 3.17. The molecule has 1 aromatic heterocycles. The molecule has 2 aromatic carbocycles. The molecule has 3 aromatic rings. The molecule has 11 nitrogen and oxygen atoms in total. The van der Waals surface area contributed by atoms with E-state index < -0.39 is 15.8 Å². The van der Waals surface area contributed by atoms with Crippen molar-refractivity contribution in [1.29, 1.82) is 0 Å². The van der Waals surface area contributed by atoms with Gasteiger partial charge >= 0.3 is 5.82 Å². The molecule has 0 aliphatic carbocycles. The molecular formula is C18H14ClN5O6. The van der Waals surface area contributed by atoms with Crippen molar-refractivity contribution in [3.8, 4) is 11.5 Å². The Morgan fingerprint density at radius 2 is 1.80 bits per heavy atom. The number of benzene rings is 2. The second-order valence-corrected chi connectivity index (χ2v) is 6.46. The minimum atomic E-state index is -0.637. The topological polar surface area (TPSA) is 142 Å². The molecule has 3 rings (SSSR count). The molecule has 0 unspecified atom stereocenters. The van der Waals surface area contributed by atoms with Gasteiger partial charge in [0.2, 0.25) is 5.91 Å². The predicted octanol–water partition coefficient (Wildman–Crippen LogP) is 4.17. The highest BCUT2D eigenvalue weighted by molar-refractivity contribution is 6.30. The molecule has 1 N–H and O–H groups in total. The van der Waals surface area contributed by atoms with Gasteiger partial charge in [0, 0.05) is 23.6 Å². The van der Waals surface area contributed by atoms with Crippen LogP contribution in [-0.2, 0) is 11.3 Å². The molecule has 0 bridgehead atoms. The van der Waals surface area contributed by atoms with Crippen molar-refractivity contribution in [3.63, 3.8) is 0 Å². The smallest absolute Gasteiger partial charge is 0.389 e. The number of amides is 1. The van der Waals surface area contributed by atoms with Crippen molar-refractivity contribution >= 4 is 34.7 Å². The minimum absolute atomic E-state index is 0.0467. The molecule has 12 heteroatoms. The second-order valence-electron chi connectivity index (χ2n) is 6.02. The lowest BCUT2D eigenvalue weighted by atomic mass is 10.2. The molecule has 0 fully saturated rings. The number of carbonyl (C=O) groups is 1. The Hall–Kier alpha value is -3.99. The lowest BCUT2D eigenvalue weighted by Crippen LogP contribution is -2.15. The van der Waals surface area contributed by atoms with Crippen molar-refractivity contribution in [2.45, 2.75) is 13.0 Å². The summed E-state index contributed by atoms with van der Waals surface area (Å²) < 4.78 is 6.87. The molecule has 0 radical (unpaired) electrons. The lowest BCUT2D eigenvalue weighted by Gasteiger charge is -2.09. The van der Waals surface area contributed by atoms with Crippen molar-refractivity contribution in [3.05, 3.63) is 80.0 Å². The van der Waals surface area contributed by atoms with Crippen LogP contribution in [-0.4, -0.2) is 25.5 Å². The quantitative estimate of drug-likeness (QED) is 0.416. The number of rotatable bonds is 8. The monoisotopic (exact) mass is 431 g/mol. The summed E-state index contributed by atoms with van der Waals surface area (Å²) in [6.07, 6.45) is 1.34. The summed E-state index contributed by atoms with van der Waals surface area (Å²) in [5.74, 6) is -0.203. The van der Waals surface area contributed by atoms with Crippen LogP contribution in [0.1, 0.15) is 6.42 Å². The maximum atomic E-state index is 12.2. The van der Waals surface area contributed by atoms with Gasteiger partial charge in [-0.1, -0.05) is 11.6 Å². The number of aromatic nitrogens is 2. The molecule has 1 amide bonds. The van der Waals surface area contributed by atoms with Gasteiger partial charge in [0.1, 0.15) is 11.5 Å². The van der Waals surface area contributed by atoms with E-state index in [0.717, 1.165) is 0 Å². The highest BCUT2D eigenvalue weighted by Gasteiger charge is 2.15. The Bertz CT molecular complexity index is 1100. The molecule has 0 aliphatic heterocycles. The summed E-state index contributed by atoms with van der Waals surface area (Å²) in [5, 5.41) is 28.6. The Kier molecular flexibility index (Phi) is 6.23. The normalized spacial score (nSPS) is 10.4. The van der Waals surface area contributed by atoms with Gasteiger partial charge in [0.25, 0.3) is 5.69 Å². The van der Waals surface area contributed by atoms with Crippen LogP contribution < -0.4 is 10.1 Å². The molecule has 0 aliphatic rings. The van der Waals surface area contributed by atoms with Crippen LogP contribution >= 0.6 is 11.6 Å². The standard InChI is InChI=1S/C18H14ClN5O6/c19-12-1-3-15(4-2-12)30-16-10-13(9-14(11-16)23(26)27)20-18(25)6-8-22-7-5-17(21-22)24(28)29/h1-5,7,9-11H,6,8H2,(H,20,25). The van der Waals surface area contributed by atoms with Gasteiger partial charge in [-0.2, -0.15) is 4.68 Å². The maximum absolute atomic E-state index is 12.2. The summed E-state index contributed by atoms with van der Waals surface area (Å²) in [6.45, 7) is 0.0999. The number of nitro benzene ring substituents is 1. The second kappa shape index (κ2) is 9.01. The van der Waals surface area contributed by atoms with Crippen LogP contribution in [0.3, 0.4) is 0 Å². The fourth-order valence-corrected chi connectivity index (χ4v) is 2.60. The SMILES string of the molecule is O=C(CCn1ccc([N+](=O)[O-])n1)Nc1cc(Oc2ccc(Cl)cc2)cc([N+](=O)[O-])c1. The number of non-ortho nitro benzene ring substituents is 1. The third-order valence-electron chi connectivity index (χ3n) is 3.82. The first-order valence-electron chi connectivity index (χ1n) is 8.51. The van der Waals surface area contributed by atoms with Crippen molar-refractivity contribution in [2.75, 3.05) is 5.32 Å². The summed E-state index contributed by atoms with van der Waals surface area (Å²) in [6, 6.07) is 11.5. The van der Waals surface area contributed by atoms with E-state index in [9.17, 15) is 25.0 Å². The third-order valence-corrected chi connectivity index (χ3v) is 4.07. The number of hydrogen-bond donors (Lipinski definition) is 1. The van der Waals surface area contributed by atoms with E-state index in [4.69, 9.17) is 16.3 Å². The number of halogens is 1. The first-order valence-corrected chi connectivity index (χ1v) is 8.88. The number of hydrogen-bond acceptors (Lipinski definition) is 7. The zero-order chi connectivity index (χ0) is 21.7. The Labute approximate surface area is 174 Å². The molecule has 154 valence electrons. The van der Waals surface area contributed by atoms with Crippen LogP contribution in [0.4, 0.5) is 17.2 Å². The van der Waals surface area contributed by atoms with E-state index in [1.165, 1.54) is 35.1 Å². The number of anilines is 1. The predicted molar refractivity (Wildman–Crippen MR) is 107 cm³/mol. The first kappa shape index (κ1) is 20.7. The number of nitrogens with one attached hydrogen (secondary N) is 1. The van der Waals surface area contributed by atoms with E-state index in [0.29, 0.717) is 10.8 Å². The average molecular weight is 432 g/mol. The van der Waals surface area contributed by atoms with Crippen LogP contribution in [0.2, 0.25) is 5.02 Å². The zero-order valence-electron chi connectivity index (χ0n) is 15.2. The number of nitro groups is 2. The Morgan fingerprint density at radius 3 is 2.43 bits per heavy atom. The summed E-state index contributed by atoms with van der Waals surface area (Å²) in [4.78, 5) is 32.8. The number of carbonyl (C=O) groups excluding carboxylic acids is 1. The van der Waals surface area contributed by atoms with Crippen LogP contribution in [0.25, 0.3) is 0 Å². The van der Waals surface area contributed by atoms with Gasteiger partial charge in [0.05, 0.1) is 40.6 Å². The Balaban J connectivity index is 1.69. The molecule has 0 atom stereocenters. The summed E-state index contributed by atoms with van der Waals surface area (Å²) in [7, 11) is 0. The van der Waals surface area contributed by atoms with E-state index in [-0.39, 0.29) is 35.9 Å². The Morgan fingerprint density at radius 1 is 1.07 bits per heavy atom. The van der Waals surface area contributed by atoms with E-state index >= 15 is 0 Å². The van der Waals surface area contributed by atoms with Crippen LogP contribution in [0, 0.1) is 20.2 Å². The van der Waals surface area contributed by atoms with E-state index in [1.54, 1.807) is 24.3 Å². The highest BCUT2D eigenvalue weighted by atomic mass is 35.5. The third kappa shape index (κ3) is 5.52. The van der Waals surface area contributed by atoms with E-state index in [1.807, 2.05) is 0 Å². The van der Waals surface area contributed by atoms with Gasteiger partial charge in [-0.05, 0) is 29.2 Å². The zero-order valence-corrected chi connectivity index (χ0v) is 16.0. The largest absolute Gasteiger partial charge is 0.457 e. The number of aryl methyl sites for hydroxylation is 1. The first-order chi connectivity index (χ1) is 14.3. The van der Waals surface area contributed by atoms with Gasteiger partial charge in [-0.3, -0.25) is 14.9 Å². The number of ether oxygens (including phenoxy) is 1. The molecular weight excluding hydrogens is 418 g/mol. The maximum Gasteiger partial charge on any atom is 0.389 e. The molecule has 0 spiro atoms. The van der Waals surface area contributed by atoms with Gasteiger partial charge < -0.3 is 20.2 Å². The van der Waals surface area contributed by atoms with Crippen molar-refractivity contribution in [2.24, 2.45) is 0 Å². The van der Waals surface area contributed by atoms with Gasteiger partial charge in [-0.25, -0.2) is 0 Å².